The molecule has 1 N–H and O–H groups in total. The lowest BCUT2D eigenvalue weighted by atomic mass is 9.97. The van der Waals surface area contributed by atoms with Gasteiger partial charge in [-0.25, -0.2) is 4.98 Å². The molecule has 2 atom stereocenters. The number of hydrogen-bond acceptors (Lipinski definition) is 4. The summed E-state index contributed by atoms with van der Waals surface area (Å²) in [4.78, 5) is 6.11. The third-order valence-corrected chi connectivity index (χ3v) is 4.55. The van der Waals surface area contributed by atoms with Crippen LogP contribution in [0.15, 0.2) is 0 Å². The van der Waals surface area contributed by atoms with Gasteiger partial charge in [-0.2, -0.15) is 0 Å². The Morgan fingerprint density at radius 1 is 1.44 bits per heavy atom. The quantitative estimate of drug-likeness (QED) is 0.857. The zero-order chi connectivity index (χ0) is 11.0. The average molecular weight is 238 g/mol. The summed E-state index contributed by atoms with van der Waals surface area (Å²) in [5, 5.41) is 4.94. The number of nitrogens with zero attached hydrogens (tertiary/aromatic N) is 1. The lowest BCUT2D eigenvalue weighted by molar-refractivity contribution is 0.187. The van der Waals surface area contributed by atoms with Crippen molar-refractivity contribution < 1.29 is 4.74 Å². The first-order valence-electron chi connectivity index (χ1n) is 6.13. The van der Waals surface area contributed by atoms with Crippen molar-refractivity contribution in [1.82, 2.24) is 10.3 Å². The second-order valence-electron chi connectivity index (χ2n) is 4.72. The Morgan fingerprint density at radius 3 is 3.19 bits per heavy atom. The highest BCUT2D eigenvalue weighted by Gasteiger charge is 2.27. The van der Waals surface area contributed by atoms with Crippen LogP contribution < -0.4 is 5.32 Å². The molecule has 1 aliphatic heterocycles. The van der Waals surface area contributed by atoms with Crippen LogP contribution in [-0.4, -0.2) is 24.2 Å². The van der Waals surface area contributed by atoms with E-state index in [2.05, 4.69) is 17.2 Å². The van der Waals surface area contributed by atoms with Gasteiger partial charge in [0.2, 0.25) is 0 Å². The Balaban J connectivity index is 1.75. The molecule has 2 heterocycles. The minimum atomic E-state index is 0.529. The molecule has 1 fully saturated rings. The van der Waals surface area contributed by atoms with Crippen molar-refractivity contribution in [2.75, 3.05) is 13.2 Å². The maximum Gasteiger partial charge on any atom is 0.0900 e. The number of thiazole rings is 1. The molecule has 0 spiro atoms. The Bertz CT molecular complexity index is 371. The smallest absolute Gasteiger partial charge is 0.0900 e. The number of hydrogen-bond donors (Lipinski definition) is 1. The molecule has 1 saturated heterocycles. The van der Waals surface area contributed by atoms with E-state index in [0.29, 0.717) is 12.1 Å². The van der Waals surface area contributed by atoms with Crippen molar-refractivity contribution in [2.24, 2.45) is 0 Å². The zero-order valence-corrected chi connectivity index (χ0v) is 10.5. The summed E-state index contributed by atoms with van der Waals surface area (Å²) in [6.07, 6.45) is 4.84. The van der Waals surface area contributed by atoms with E-state index in [1.165, 1.54) is 34.8 Å². The van der Waals surface area contributed by atoms with Crippen molar-refractivity contribution in [3.05, 3.63) is 15.6 Å². The third kappa shape index (κ3) is 2.01. The molecule has 1 aromatic rings. The van der Waals surface area contributed by atoms with Crippen LogP contribution in [0.3, 0.4) is 0 Å². The largest absolute Gasteiger partial charge is 0.380 e. The maximum absolute atomic E-state index is 5.42. The van der Waals surface area contributed by atoms with Crippen LogP contribution in [0.25, 0.3) is 0 Å². The first kappa shape index (κ1) is 10.7. The van der Waals surface area contributed by atoms with Crippen LogP contribution in [-0.2, 0) is 11.2 Å². The van der Waals surface area contributed by atoms with Gasteiger partial charge in [0.15, 0.2) is 0 Å². The summed E-state index contributed by atoms with van der Waals surface area (Å²) in [6, 6.07) is 1.08. The molecular weight excluding hydrogens is 220 g/mol. The summed E-state index contributed by atoms with van der Waals surface area (Å²) in [5.41, 5.74) is 1.34. The summed E-state index contributed by atoms with van der Waals surface area (Å²) in [6.45, 7) is 3.90. The van der Waals surface area contributed by atoms with E-state index in [4.69, 9.17) is 4.74 Å². The first-order chi connectivity index (χ1) is 7.83. The molecule has 2 aliphatic rings. The van der Waals surface area contributed by atoms with Crippen molar-refractivity contribution in [3.63, 3.8) is 0 Å². The number of aryl methyl sites for hydroxylation is 2. The summed E-state index contributed by atoms with van der Waals surface area (Å²) < 4.78 is 5.42. The first-order valence-corrected chi connectivity index (χ1v) is 6.94. The standard InChI is InChI=1S/C12H18N2OS/c1-8-13-10-3-2-4-11(12(10)16-8)14-9-5-6-15-7-9/h9,11,14H,2-7H2,1H3. The lowest BCUT2D eigenvalue weighted by Crippen LogP contribution is -2.34. The van der Waals surface area contributed by atoms with Crippen molar-refractivity contribution in [2.45, 2.75) is 44.7 Å². The van der Waals surface area contributed by atoms with Gasteiger partial charge in [0.05, 0.1) is 17.3 Å². The molecule has 88 valence electrons. The van der Waals surface area contributed by atoms with Crippen molar-refractivity contribution in [3.8, 4) is 0 Å². The van der Waals surface area contributed by atoms with E-state index in [0.717, 1.165) is 19.6 Å². The fourth-order valence-electron chi connectivity index (χ4n) is 2.65. The Kier molecular flexibility index (Phi) is 2.96. The third-order valence-electron chi connectivity index (χ3n) is 3.42. The molecular formula is C12H18N2OS. The van der Waals surface area contributed by atoms with Crippen LogP contribution in [0.5, 0.6) is 0 Å². The van der Waals surface area contributed by atoms with Crippen LogP contribution in [0.4, 0.5) is 0 Å². The average Bonchev–Trinajstić information content (AvgIpc) is 2.86. The van der Waals surface area contributed by atoms with Crippen molar-refractivity contribution >= 4 is 11.3 Å². The molecule has 2 unspecified atom stereocenters. The van der Waals surface area contributed by atoms with Gasteiger partial charge in [-0.1, -0.05) is 0 Å². The molecule has 0 saturated carbocycles. The van der Waals surface area contributed by atoms with Crippen LogP contribution in [0, 0.1) is 6.92 Å². The van der Waals surface area contributed by atoms with Gasteiger partial charge in [-0.15, -0.1) is 11.3 Å². The van der Waals surface area contributed by atoms with Crippen molar-refractivity contribution in [1.29, 1.82) is 0 Å². The molecule has 3 nitrogen and oxygen atoms in total. The Labute approximate surface area is 100 Å². The highest BCUT2D eigenvalue weighted by molar-refractivity contribution is 7.11. The molecule has 1 aromatic heterocycles. The summed E-state index contributed by atoms with van der Waals surface area (Å²) >= 11 is 1.87. The van der Waals surface area contributed by atoms with Gasteiger partial charge >= 0.3 is 0 Å². The normalized spacial score (nSPS) is 29.3. The Hall–Kier alpha value is -0.450. The van der Waals surface area contributed by atoms with E-state index < -0.39 is 0 Å². The van der Waals surface area contributed by atoms with Gasteiger partial charge in [-0.3, -0.25) is 0 Å². The van der Waals surface area contributed by atoms with Gasteiger partial charge in [0.1, 0.15) is 0 Å². The monoisotopic (exact) mass is 238 g/mol. The fraction of sp³-hybridized carbons (Fsp3) is 0.750. The zero-order valence-electron chi connectivity index (χ0n) is 9.66. The number of ether oxygens (including phenoxy) is 1. The van der Waals surface area contributed by atoms with E-state index in [1.807, 2.05) is 11.3 Å². The minimum Gasteiger partial charge on any atom is -0.380 e. The maximum atomic E-state index is 5.42. The molecule has 0 bridgehead atoms. The van der Waals surface area contributed by atoms with Gasteiger partial charge in [0, 0.05) is 23.6 Å². The van der Waals surface area contributed by atoms with E-state index in [-0.39, 0.29) is 0 Å². The van der Waals surface area contributed by atoms with Gasteiger partial charge in [-0.05, 0) is 32.6 Å². The SMILES string of the molecule is Cc1nc2c(s1)C(NC1CCOC1)CCC2. The summed E-state index contributed by atoms with van der Waals surface area (Å²) in [7, 11) is 0. The van der Waals surface area contributed by atoms with E-state index >= 15 is 0 Å². The molecule has 4 heteroatoms. The van der Waals surface area contributed by atoms with Crippen LogP contribution in [0.1, 0.15) is 40.9 Å². The molecule has 0 aromatic carbocycles. The number of aromatic nitrogens is 1. The summed E-state index contributed by atoms with van der Waals surface area (Å²) in [5.74, 6) is 0. The predicted molar refractivity (Wildman–Crippen MR) is 64.9 cm³/mol. The van der Waals surface area contributed by atoms with Gasteiger partial charge < -0.3 is 10.1 Å². The minimum absolute atomic E-state index is 0.529. The van der Waals surface area contributed by atoms with E-state index in [1.54, 1.807) is 0 Å². The Morgan fingerprint density at radius 2 is 2.38 bits per heavy atom. The van der Waals surface area contributed by atoms with Crippen LogP contribution >= 0.6 is 11.3 Å². The van der Waals surface area contributed by atoms with Crippen LogP contribution in [0.2, 0.25) is 0 Å². The second-order valence-corrected chi connectivity index (χ2v) is 5.95. The van der Waals surface area contributed by atoms with Gasteiger partial charge in [0.25, 0.3) is 0 Å². The number of nitrogens with one attached hydrogen (secondary N) is 1. The molecule has 0 amide bonds. The number of rotatable bonds is 2. The highest BCUT2D eigenvalue weighted by Crippen LogP contribution is 2.34. The fourth-order valence-corrected chi connectivity index (χ4v) is 3.72. The molecule has 1 aliphatic carbocycles. The van der Waals surface area contributed by atoms with E-state index in [9.17, 15) is 0 Å². The lowest BCUT2D eigenvalue weighted by Gasteiger charge is -2.25. The molecule has 3 rings (SSSR count). The predicted octanol–water partition coefficient (Wildman–Crippen LogP) is 2.21. The topological polar surface area (TPSA) is 34.2 Å². The number of fused-ring (bicyclic) bond motifs is 1. The highest BCUT2D eigenvalue weighted by atomic mass is 32.1. The molecule has 16 heavy (non-hydrogen) atoms. The second kappa shape index (κ2) is 4.43. The molecule has 0 radical (unpaired) electrons.